The summed E-state index contributed by atoms with van der Waals surface area (Å²) in [5.41, 5.74) is 0.990. The van der Waals surface area contributed by atoms with E-state index < -0.39 is 5.97 Å². The highest BCUT2D eigenvalue weighted by molar-refractivity contribution is 7.20. The molecule has 0 saturated heterocycles. The molecule has 0 atom stereocenters. The third kappa shape index (κ3) is 4.03. The Hall–Kier alpha value is -2.73. The SMILES string of the molecule is CN(Cc1ccccc1)C(=O)COC(=O)c1cc2c(F)cccc2s1. The first kappa shape index (κ1) is 17.1. The molecule has 0 spiro atoms. The number of carbonyl (C=O) groups is 2. The molecule has 0 bridgehead atoms. The molecule has 3 aromatic rings. The zero-order valence-electron chi connectivity index (χ0n) is 13.6. The van der Waals surface area contributed by atoms with Crippen molar-refractivity contribution < 1.29 is 18.7 Å². The summed E-state index contributed by atoms with van der Waals surface area (Å²) in [6.07, 6.45) is 0. The average Bonchev–Trinajstić information content (AvgIpc) is 3.06. The van der Waals surface area contributed by atoms with Crippen LogP contribution < -0.4 is 0 Å². The molecular formula is C19H16FNO3S. The van der Waals surface area contributed by atoms with Crippen molar-refractivity contribution in [3.05, 3.63) is 70.9 Å². The van der Waals surface area contributed by atoms with Crippen LogP contribution in [-0.2, 0) is 16.1 Å². The fourth-order valence-electron chi connectivity index (χ4n) is 2.38. The minimum absolute atomic E-state index is 0.276. The van der Waals surface area contributed by atoms with Gasteiger partial charge in [0.2, 0.25) is 0 Å². The number of esters is 1. The van der Waals surface area contributed by atoms with Gasteiger partial charge in [-0.25, -0.2) is 9.18 Å². The number of rotatable bonds is 5. The van der Waals surface area contributed by atoms with Gasteiger partial charge in [-0.05, 0) is 23.8 Å². The minimum Gasteiger partial charge on any atom is -0.451 e. The van der Waals surface area contributed by atoms with Crippen molar-refractivity contribution in [2.45, 2.75) is 6.54 Å². The van der Waals surface area contributed by atoms with Gasteiger partial charge in [-0.3, -0.25) is 4.79 Å². The van der Waals surface area contributed by atoms with Gasteiger partial charge in [0.15, 0.2) is 6.61 Å². The number of thiophene rings is 1. The van der Waals surface area contributed by atoms with Crippen LogP contribution in [-0.4, -0.2) is 30.4 Å². The van der Waals surface area contributed by atoms with E-state index in [-0.39, 0.29) is 23.2 Å². The van der Waals surface area contributed by atoms with Gasteiger partial charge >= 0.3 is 5.97 Å². The maximum atomic E-state index is 13.7. The van der Waals surface area contributed by atoms with Gasteiger partial charge in [-0.1, -0.05) is 36.4 Å². The molecule has 6 heteroatoms. The van der Waals surface area contributed by atoms with Crippen molar-refractivity contribution in [3.63, 3.8) is 0 Å². The summed E-state index contributed by atoms with van der Waals surface area (Å²) in [6.45, 7) is 0.0875. The van der Waals surface area contributed by atoms with Crippen LogP contribution in [0.2, 0.25) is 0 Å². The molecule has 1 aromatic heterocycles. The number of hydrogen-bond donors (Lipinski definition) is 0. The van der Waals surface area contributed by atoms with Crippen molar-refractivity contribution in [1.82, 2.24) is 4.90 Å². The van der Waals surface area contributed by atoms with E-state index in [9.17, 15) is 14.0 Å². The first-order chi connectivity index (χ1) is 12.0. The van der Waals surface area contributed by atoms with E-state index in [1.54, 1.807) is 19.2 Å². The van der Waals surface area contributed by atoms with Crippen LogP contribution in [0.25, 0.3) is 10.1 Å². The highest BCUT2D eigenvalue weighted by Gasteiger charge is 2.17. The van der Waals surface area contributed by atoms with Crippen LogP contribution in [0.3, 0.4) is 0 Å². The molecule has 4 nitrogen and oxygen atoms in total. The minimum atomic E-state index is -0.623. The third-order valence-electron chi connectivity index (χ3n) is 3.72. The second-order valence-electron chi connectivity index (χ2n) is 5.57. The molecule has 2 aromatic carbocycles. The van der Waals surface area contributed by atoms with Gasteiger partial charge in [-0.2, -0.15) is 0 Å². The molecule has 0 aliphatic carbocycles. The number of ether oxygens (including phenoxy) is 1. The molecule has 0 saturated carbocycles. The predicted molar refractivity (Wildman–Crippen MR) is 95.0 cm³/mol. The first-order valence-corrected chi connectivity index (χ1v) is 8.49. The van der Waals surface area contributed by atoms with Gasteiger partial charge in [0.1, 0.15) is 10.7 Å². The predicted octanol–water partition coefficient (Wildman–Crippen LogP) is 3.86. The fraction of sp³-hybridized carbons (Fsp3) is 0.158. The standard InChI is InChI=1S/C19H16FNO3S/c1-21(11-13-6-3-2-4-7-13)18(22)12-24-19(23)17-10-14-15(20)8-5-9-16(14)25-17/h2-10H,11-12H2,1H3. The number of benzene rings is 2. The van der Waals surface area contributed by atoms with Crippen molar-refractivity contribution in [2.24, 2.45) is 0 Å². The molecule has 25 heavy (non-hydrogen) atoms. The second-order valence-corrected chi connectivity index (χ2v) is 6.66. The van der Waals surface area contributed by atoms with E-state index in [0.717, 1.165) is 16.9 Å². The van der Waals surface area contributed by atoms with Gasteiger partial charge in [0, 0.05) is 23.7 Å². The highest BCUT2D eigenvalue weighted by Crippen LogP contribution is 2.28. The maximum absolute atomic E-state index is 13.7. The van der Waals surface area contributed by atoms with E-state index in [1.807, 2.05) is 30.3 Å². The highest BCUT2D eigenvalue weighted by atomic mass is 32.1. The van der Waals surface area contributed by atoms with Crippen molar-refractivity contribution in [3.8, 4) is 0 Å². The Bertz CT molecular complexity index is 907. The molecule has 1 amide bonds. The summed E-state index contributed by atoms with van der Waals surface area (Å²) in [5.74, 6) is -1.31. The van der Waals surface area contributed by atoms with Crippen LogP contribution in [0.4, 0.5) is 4.39 Å². The Morgan fingerprint density at radius 2 is 1.88 bits per heavy atom. The van der Waals surface area contributed by atoms with Crippen LogP contribution in [0.1, 0.15) is 15.2 Å². The number of carbonyl (C=O) groups excluding carboxylic acids is 2. The first-order valence-electron chi connectivity index (χ1n) is 7.67. The number of fused-ring (bicyclic) bond motifs is 1. The Balaban J connectivity index is 1.59. The normalized spacial score (nSPS) is 10.6. The topological polar surface area (TPSA) is 46.6 Å². The number of hydrogen-bond acceptors (Lipinski definition) is 4. The summed E-state index contributed by atoms with van der Waals surface area (Å²) in [7, 11) is 1.65. The summed E-state index contributed by atoms with van der Waals surface area (Å²) >= 11 is 1.14. The second kappa shape index (κ2) is 7.44. The van der Waals surface area contributed by atoms with Crippen LogP contribution >= 0.6 is 11.3 Å². The largest absolute Gasteiger partial charge is 0.451 e. The van der Waals surface area contributed by atoms with Crippen LogP contribution in [0.15, 0.2) is 54.6 Å². The van der Waals surface area contributed by atoms with Gasteiger partial charge in [0.25, 0.3) is 5.91 Å². The molecule has 0 N–H and O–H groups in total. The Labute approximate surface area is 148 Å². The molecule has 0 aliphatic rings. The van der Waals surface area contributed by atoms with E-state index >= 15 is 0 Å². The van der Waals surface area contributed by atoms with Gasteiger partial charge < -0.3 is 9.64 Å². The fourth-order valence-corrected chi connectivity index (χ4v) is 3.35. The maximum Gasteiger partial charge on any atom is 0.348 e. The van der Waals surface area contributed by atoms with Gasteiger partial charge in [-0.15, -0.1) is 11.3 Å². The molecule has 1 heterocycles. The molecule has 0 radical (unpaired) electrons. The quantitative estimate of drug-likeness (QED) is 0.652. The smallest absolute Gasteiger partial charge is 0.348 e. The number of halogens is 1. The molecular weight excluding hydrogens is 341 g/mol. The van der Waals surface area contributed by atoms with Crippen LogP contribution in [0, 0.1) is 5.82 Å². The van der Waals surface area contributed by atoms with E-state index in [4.69, 9.17) is 4.74 Å². The number of amides is 1. The zero-order chi connectivity index (χ0) is 17.8. The third-order valence-corrected chi connectivity index (χ3v) is 4.80. The summed E-state index contributed by atoms with van der Waals surface area (Å²) in [4.78, 5) is 26.0. The summed E-state index contributed by atoms with van der Waals surface area (Å²) in [6, 6.07) is 15.7. The van der Waals surface area contributed by atoms with E-state index in [2.05, 4.69) is 0 Å². The molecule has 0 unspecified atom stereocenters. The van der Waals surface area contributed by atoms with E-state index in [0.29, 0.717) is 16.6 Å². The van der Waals surface area contributed by atoms with Crippen molar-refractivity contribution >= 4 is 33.3 Å². The van der Waals surface area contributed by atoms with Gasteiger partial charge in [0.05, 0.1) is 0 Å². The molecule has 128 valence electrons. The van der Waals surface area contributed by atoms with Crippen molar-refractivity contribution in [2.75, 3.05) is 13.7 Å². The Kier molecular flexibility index (Phi) is 5.09. The lowest BCUT2D eigenvalue weighted by Crippen LogP contribution is -2.30. The van der Waals surface area contributed by atoms with Crippen LogP contribution in [0.5, 0.6) is 0 Å². The lowest BCUT2D eigenvalue weighted by molar-refractivity contribution is -0.133. The molecule has 0 fully saturated rings. The molecule has 0 aliphatic heterocycles. The average molecular weight is 357 g/mol. The lowest BCUT2D eigenvalue weighted by Gasteiger charge is -2.17. The number of likely N-dealkylation sites (N-methyl/N-ethyl adjacent to an activating group) is 1. The Morgan fingerprint density at radius 1 is 1.12 bits per heavy atom. The lowest BCUT2D eigenvalue weighted by atomic mass is 10.2. The monoisotopic (exact) mass is 357 g/mol. The summed E-state index contributed by atoms with van der Waals surface area (Å²) < 4.78 is 19.4. The zero-order valence-corrected chi connectivity index (χ0v) is 14.4. The number of nitrogens with zero attached hydrogens (tertiary/aromatic N) is 1. The Morgan fingerprint density at radius 3 is 2.60 bits per heavy atom. The molecule has 3 rings (SSSR count). The summed E-state index contributed by atoms with van der Waals surface area (Å²) in [5, 5.41) is 0.381. The van der Waals surface area contributed by atoms with Crippen molar-refractivity contribution in [1.29, 1.82) is 0 Å². The van der Waals surface area contributed by atoms with E-state index in [1.165, 1.54) is 17.0 Å².